The summed E-state index contributed by atoms with van der Waals surface area (Å²) >= 11 is 3.17. The number of hydrogen-bond acceptors (Lipinski definition) is 3. The molecular formula is C26H41BrO3S. The normalized spacial score (nSPS) is 12.5. The van der Waals surface area contributed by atoms with E-state index in [1.807, 2.05) is 0 Å². The zero-order chi connectivity index (χ0) is 22.8. The van der Waals surface area contributed by atoms with E-state index in [0.29, 0.717) is 0 Å². The number of rotatable bonds is 18. The van der Waals surface area contributed by atoms with Gasteiger partial charge in [0.05, 0.1) is 4.90 Å². The Morgan fingerprint density at radius 2 is 1.29 bits per heavy atom. The molecule has 0 aliphatic carbocycles. The number of unbranched alkanes of at least 4 members (excludes halogenated alkanes) is 10. The molecule has 5 heteroatoms. The third-order valence-corrected chi connectivity index (χ3v) is 7.28. The van der Waals surface area contributed by atoms with Crippen LogP contribution in [0.15, 0.2) is 35.2 Å². The number of halogens is 1. The Morgan fingerprint density at radius 3 is 1.77 bits per heavy atom. The molecule has 1 atom stereocenters. The predicted molar refractivity (Wildman–Crippen MR) is 135 cm³/mol. The van der Waals surface area contributed by atoms with Gasteiger partial charge in [-0.05, 0) is 35.7 Å². The highest BCUT2D eigenvalue weighted by molar-refractivity contribution is 9.12. The van der Waals surface area contributed by atoms with Gasteiger partial charge >= 0.3 is 0 Å². The molecule has 0 spiro atoms. The van der Waals surface area contributed by atoms with Gasteiger partial charge in [-0.3, -0.25) is 0 Å². The summed E-state index contributed by atoms with van der Waals surface area (Å²) in [5, 5.41) is 0. The molecule has 0 aliphatic rings. The molecule has 31 heavy (non-hydrogen) atoms. The van der Waals surface area contributed by atoms with Crippen LogP contribution in [0.4, 0.5) is 0 Å². The van der Waals surface area contributed by atoms with Gasteiger partial charge in [0.25, 0.3) is 10.1 Å². The summed E-state index contributed by atoms with van der Waals surface area (Å²) in [6, 6.07) is 8.38. The molecule has 1 aromatic carbocycles. The minimum Gasteiger partial charge on any atom is -0.250 e. The molecule has 1 unspecified atom stereocenters. The van der Waals surface area contributed by atoms with Crippen molar-refractivity contribution in [2.45, 2.75) is 115 Å². The predicted octanol–water partition coefficient (Wildman–Crippen LogP) is 8.23. The smallest absolute Gasteiger partial charge is 0.250 e. The van der Waals surface area contributed by atoms with E-state index in [1.165, 1.54) is 64.2 Å². The van der Waals surface area contributed by atoms with Gasteiger partial charge in [-0.2, -0.15) is 8.42 Å². The zero-order valence-electron chi connectivity index (χ0n) is 19.5. The minimum absolute atomic E-state index is 0.126. The summed E-state index contributed by atoms with van der Waals surface area (Å²) in [5.74, 6) is 3.12. The van der Waals surface area contributed by atoms with Crippen molar-refractivity contribution in [2.24, 2.45) is 5.92 Å². The standard InChI is InChI=1S/C26H41BrO3S/c1-3-5-7-9-11-14-18-24(19-15-12-10-8-6-4-2)26(22-23-27)30-31(28,29)25-20-16-13-17-21-25/h13,16-17,20-21,24,26H,3-12,14-15,18-19H2,1-2H3. The van der Waals surface area contributed by atoms with Crippen LogP contribution in [0.25, 0.3) is 0 Å². The Labute approximate surface area is 200 Å². The third kappa shape index (κ3) is 12.7. The highest BCUT2D eigenvalue weighted by Crippen LogP contribution is 2.27. The van der Waals surface area contributed by atoms with E-state index in [2.05, 4.69) is 40.5 Å². The maximum absolute atomic E-state index is 12.8. The topological polar surface area (TPSA) is 43.4 Å². The second kappa shape index (κ2) is 17.7. The molecule has 0 saturated heterocycles. The first-order chi connectivity index (χ1) is 15.0. The van der Waals surface area contributed by atoms with Gasteiger partial charge in [-0.15, -0.1) is 0 Å². The van der Waals surface area contributed by atoms with Crippen LogP contribution in [-0.2, 0) is 14.3 Å². The first kappa shape index (κ1) is 28.2. The fourth-order valence-corrected chi connectivity index (χ4v) is 5.18. The summed E-state index contributed by atoms with van der Waals surface area (Å²) in [6.45, 7) is 4.45. The number of hydrogen-bond donors (Lipinski definition) is 0. The molecule has 0 N–H and O–H groups in total. The second-order valence-corrected chi connectivity index (χ2v) is 10.4. The van der Waals surface area contributed by atoms with E-state index >= 15 is 0 Å². The van der Waals surface area contributed by atoms with Crippen LogP contribution in [0.3, 0.4) is 0 Å². The molecular weight excluding hydrogens is 472 g/mol. The molecule has 0 fully saturated rings. The van der Waals surface area contributed by atoms with E-state index in [1.54, 1.807) is 30.3 Å². The molecule has 0 heterocycles. The molecule has 0 amide bonds. The van der Waals surface area contributed by atoms with Crippen molar-refractivity contribution in [3.05, 3.63) is 30.3 Å². The quantitative estimate of drug-likeness (QED) is 0.113. The Balaban J connectivity index is 2.76. The molecule has 0 radical (unpaired) electrons. The van der Waals surface area contributed by atoms with Crippen molar-refractivity contribution in [1.82, 2.24) is 0 Å². The lowest BCUT2D eigenvalue weighted by atomic mass is 9.90. The van der Waals surface area contributed by atoms with E-state index < -0.39 is 16.2 Å². The van der Waals surface area contributed by atoms with Crippen LogP contribution in [0.5, 0.6) is 0 Å². The highest BCUT2D eigenvalue weighted by Gasteiger charge is 2.27. The SMILES string of the molecule is CCCCCCCCC(CCCCCCCC)C(C#CBr)OS(=O)(=O)c1ccccc1. The van der Waals surface area contributed by atoms with E-state index in [9.17, 15) is 8.42 Å². The van der Waals surface area contributed by atoms with Crippen LogP contribution in [0.2, 0.25) is 0 Å². The molecule has 1 rings (SSSR count). The Bertz CT molecular complexity index is 706. The van der Waals surface area contributed by atoms with Crippen molar-refractivity contribution < 1.29 is 12.6 Å². The van der Waals surface area contributed by atoms with Crippen molar-refractivity contribution >= 4 is 26.0 Å². The van der Waals surface area contributed by atoms with Gasteiger partial charge in [-0.1, -0.05) is 115 Å². The lowest BCUT2D eigenvalue weighted by molar-refractivity contribution is 0.173. The van der Waals surface area contributed by atoms with Crippen molar-refractivity contribution in [2.75, 3.05) is 0 Å². The van der Waals surface area contributed by atoms with Crippen LogP contribution in [0, 0.1) is 16.7 Å². The maximum Gasteiger partial charge on any atom is 0.298 e. The van der Waals surface area contributed by atoms with Crippen LogP contribution < -0.4 is 0 Å². The Kier molecular flexibility index (Phi) is 16.1. The van der Waals surface area contributed by atoms with Gasteiger partial charge < -0.3 is 0 Å². The van der Waals surface area contributed by atoms with Crippen LogP contribution in [-0.4, -0.2) is 14.5 Å². The fourth-order valence-electron chi connectivity index (χ4n) is 3.87. The Hall–Kier alpha value is -0.830. The largest absolute Gasteiger partial charge is 0.298 e. The summed E-state index contributed by atoms with van der Waals surface area (Å²) in [7, 11) is -3.84. The van der Waals surface area contributed by atoms with E-state index in [4.69, 9.17) is 4.18 Å². The Morgan fingerprint density at radius 1 is 0.806 bits per heavy atom. The fraction of sp³-hybridized carbons (Fsp3) is 0.692. The molecule has 176 valence electrons. The molecule has 0 aliphatic heterocycles. The second-order valence-electron chi connectivity index (χ2n) is 8.40. The monoisotopic (exact) mass is 512 g/mol. The minimum atomic E-state index is -3.84. The van der Waals surface area contributed by atoms with Crippen LogP contribution >= 0.6 is 15.9 Å². The van der Waals surface area contributed by atoms with E-state index in [-0.39, 0.29) is 10.8 Å². The third-order valence-electron chi connectivity index (χ3n) is 5.74. The summed E-state index contributed by atoms with van der Waals surface area (Å²) in [6.07, 6.45) is 16.0. The van der Waals surface area contributed by atoms with Crippen molar-refractivity contribution in [3.8, 4) is 10.8 Å². The lowest BCUT2D eigenvalue weighted by Crippen LogP contribution is -2.26. The first-order valence-corrected chi connectivity index (χ1v) is 14.3. The maximum atomic E-state index is 12.8. The average molecular weight is 514 g/mol. The van der Waals surface area contributed by atoms with Crippen LogP contribution in [0.1, 0.15) is 104 Å². The molecule has 0 aromatic heterocycles. The molecule has 1 aromatic rings. The summed E-state index contributed by atoms with van der Waals surface area (Å²) in [5.41, 5.74) is 0. The van der Waals surface area contributed by atoms with Gasteiger partial charge in [0.2, 0.25) is 0 Å². The summed E-state index contributed by atoms with van der Waals surface area (Å²) < 4.78 is 31.3. The van der Waals surface area contributed by atoms with E-state index in [0.717, 1.165) is 25.7 Å². The zero-order valence-corrected chi connectivity index (χ0v) is 21.9. The van der Waals surface area contributed by atoms with Gasteiger partial charge in [0.15, 0.2) is 0 Å². The lowest BCUT2D eigenvalue weighted by Gasteiger charge is -2.23. The summed E-state index contributed by atoms with van der Waals surface area (Å²) in [4.78, 5) is 2.92. The van der Waals surface area contributed by atoms with Gasteiger partial charge in [0, 0.05) is 15.9 Å². The number of benzene rings is 1. The van der Waals surface area contributed by atoms with Crippen molar-refractivity contribution in [3.63, 3.8) is 0 Å². The highest BCUT2D eigenvalue weighted by atomic mass is 79.9. The molecule has 0 saturated carbocycles. The average Bonchev–Trinajstić information content (AvgIpc) is 2.77. The van der Waals surface area contributed by atoms with Gasteiger partial charge in [-0.25, -0.2) is 4.18 Å². The van der Waals surface area contributed by atoms with Gasteiger partial charge in [0.1, 0.15) is 6.10 Å². The first-order valence-electron chi connectivity index (χ1n) is 12.1. The molecule has 3 nitrogen and oxygen atoms in total. The molecule has 0 bridgehead atoms. The van der Waals surface area contributed by atoms with Crippen molar-refractivity contribution in [1.29, 1.82) is 0 Å².